The van der Waals surface area contributed by atoms with Gasteiger partial charge in [-0.15, -0.1) is 0 Å². The van der Waals surface area contributed by atoms with E-state index in [1.165, 1.54) is 12.1 Å². The molecule has 0 spiro atoms. The van der Waals surface area contributed by atoms with Gasteiger partial charge in [-0.1, -0.05) is 0 Å². The Morgan fingerprint density at radius 2 is 1.44 bits per heavy atom. The first-order valence-corrected chi connectivity index (χ1v) is 7.89. The topological polar surface area (TPSA) is 49.0 Å². The molecular weight excluding hydrogens is 325 g/mol. The normalized spacial score (nSPS) is 11.8. The first-order valence-electron chi connectivity index (χ1n) is 7.89. The largest absolute Gasteiger partial charge is 0.496 e. The molecule has 0 saturated heterocycles. The highest BCUT2D eigenvalue weighted by Gasteiger charge is 2.15. The molecule has 0 fully saturated rings. The Morgan fingerprint density at radius 1 is 0.840 bits per heavy atom. The molecule has 0 radical (unpaired) electrons. The smallest absolute Gasteiger partial charge is 0.164 e. The average molecular weight is 349 g/mol. The maximum atomic E-state index is 13.6. The number of hydrogen-bond donors (Lipinski definition) is 1. The molecule has 1 atom stereocenters. The maximum absolute atomic E-state index is 13.6. The van der Waals surface area contributed by atoms with Crippen molar-refractivity contribution < 1.29 is 23.3 Å². The van der Waals surface area contributed by atoms with Crippen molar-refractivity contribution in [3.05, 3.63) is 47.3 Å². The summed E-state index contributed by atoms with van der Waals surface area (Å²) in [4.78, 5) is 0. The van der Waals surface area contributed by atoms with E-state index in [4.69, 9.17) is 18.9 Å². The Morgan fingerprint density at radius 3 is 2.04 bits per heavy atom. The Labute approximate surface area is 147 Å². The number of nitrogens with one attached hydrogen (secondary N) is 1. The number of ether oxygens (including phenoxy) is 4. The van der Waals surface area contributed by atoms with Crippen LogP contribution in [0.1, 0.15) is 24.1 Å². The highest BCUT2D eigenvalue weighted by Crippen LogP contribution is 2.35. The Hall–Kier alpha value is -2.47. The van der Waals surface area contributed by atoms with E-state index < -0.39 is 0 Å². The molecule has 0 aliphatic heterocycles. The Balaban J connectivity index is 2.22. The molecule has 5 nitrogen and oxygen atoms in total. The molecule has 136 valence electrons. The summed E-state index contributed by atoms with van der Waals surface area (Å²) in [6.07, 6.45) is 0. The van der Waals surface area contributed by atoms with Gasteiger partial charge in [-0.25, -0.2) is 4.39 Å². The number of hydrogen-bond acceptors (Lipinski definition) is 5. The molecule has 2 aromatic rings. The van der Waals surface area contributed by atoms with Gasteiger partial charge in [0.1, 0.15) is 17.3 Å². The first kappa shape index (κ1) is 18.9. The zero-order valence-electron chi connectivity index (χ0n) is 15.2. The molecule has 1 N–H and O–H groups in total. The van der Waals surface area contributed by atoms with Crippen LogP contribution in [0.2, 0.25) is 0 Å². The van der Waals surface area contributed by atoms with Crippen molar-refractivity contribution >= 4 is 0 Å². The van der Waals surface area contributed by atoms with Crippen LogP contribution in [0.3, 0.4) is 0 Å². The predicted molar refractivity (Wildman–Crippen MR) is 94.3 cm³/mol. The molecule has 0 bridgehead atoms. The van der Waals surface area contributed by atoms with Crippen LogP contribution in [0.25, 0.3) is 0 Å². The molecule has 0 heterocycles. The molecule has 0 aromatic heterocycles. The van der Waals surface area contributed by atoms with Gasteiger partial charge in [-0.3, -0.25) is 0 Å². The molecule has 25 heavy (non-hydrogen) atoms. The molecule has 6 heteroatoms. The predicted octanol–water partition coefficient (Wildman–Crippen LogP) is 3.71. The van der Waals surface area contributed by atoms with Gasteiger partial charge in [-0.05, 0) is 31.2 Å². The Kier molecular flexibility index (Phi) is 6.47. The van der Waals surface area contributed by atoms with Crippen LogP contribution in [0, 0.1) is 5.82 Å². The van der Waals surface area contributed by atoms with Crippen molar-refractivity contribution in [3.8, 4) is 23.0 Å². The minimum atomic E-state index is -0.298. The van der Waals surface area contributed by atoms with E-state index >= 15 is 0 Å². The second-order valence-electron chi connectivity index (χ2n) is 5.51. The lowest BCUT2D eigenvalue weighted by Gasteiger charge is -2.19. The summed E-state index contributed by atoms with van der Waals surface area (Å²) < 4.78 is 35.0. The minimum Gasteiger partial charge on any atom is -0.496 e. The molecule has 0 unspecified atom stereocenters. The minimum absolute atomic E-state index is 0.122. The SMILES string of the molecule is COc1cc(OC)c(OC)cc1CN[C@H](C)c1cc(F)ccc1OC. The zero-order chi connectivity index (χ0) is 18.4. The van der Waals surface area contributed by atoms with E-state index in [0.717, 1.165) is 11.1 Å². The van der Waals surface area contributed by atoms with Crippen LogP contribution in [-0.2, 0) is 6.54 Å². The summed E-state index contributed by atoms with van der Waals surface area (Å²) in [7, 11) is 6.33. The monoisotopic (exact) mass is 349 g/mol. The second-order valence-corrected chi connectivity index (χ2v) is 5.51. The number of halogens is 1. The van der Waals surface area contributed by atoms with E-state index in [2.05, 4.69) is 5.32 Å². The first-order chi connectivity index (χ1) is 12.0. The summed E-state index contributed by atoms with van der Waals surface area (Å²) in [5.41, 5.74) is 1.66. The standard InChI is InChI=1S/C19H24FNO4/c1-12(15-9-14(20)6-7-16(15)22-2)21-11-13-8-18(24-4)19(25-5)10-17(13)23-3/h6-10,12,21H,11H2,1-5H3/t12-/m1/s1. The zero-order valence-corrected chi connectivity index (χ0v) is 15.2. The van der Waals surface area contributed by atoms with Crippen molar-refractivity contribution in [1.29, 1.82) is 0 Å². The van der Waals surface area contributed by atoms with Gasteiger partial charge in [0, 0.05) is 29.8 Å². The summed E-state index contributed by atoms with van der Waals surface area (Å²) in [5.74, 6) is 2.25. The van der Waals surface area contributed by atoms with Gasteiger partial charge in [0.05, 0.1) is 28.4 Å². The van der Waals surface area contributed by atoms with Gasteiger partial charge in [-0.2, -0.15) is 0 Å². The van der Waals surface area contributed by atoms with Crippen LogP contribution in [0.5, 0.6) is 23.0 Å². The summed E-state index contributed by atoms with van der Waals surface area (Å²) >= 11 is 0. The van der Waals surface area contributed by atoms with Crippen molar-refractivity contribution in [2.24, 2.45) is 0 Å². The lowest BCUT2D eigenvalue weighted by molar-refractivity contribution is 0.346. The average Bonchev–Trinajstić information content (AvgIpc) is 2.65. The van der Waals surface area contributed by atoms with E-state index in [-0.39, 0.29) is 11.9 Å². The fourth-order valence-corrected chi connectivity index (χ4v) is 2.65. The van der Waals surface area contributed by atoms with Crippen LogP contribution < -0.4 is 24.3 Å². The van der Waals surface area contributed by atoms with Gasteiger partial charge < -0.3 is 24.3 Å². The quantitative estimate of drug-likeness (QED) is 0.787. The van der Waals surface area contributed by atoms with E-state index in [9.17, 15) is 4.39 Å². The highest BCUT2D eigenvalue weighted by molar-refractivity contribution is 5.50. The summed E-state index contributed by atoms with van der Waals surface area (Å²) in [6.45, 7) is 2.45. The van der Waals surface area contributed by atoms with Gasteiger partial charge >= 0.3 is 0 Å². The third-order valence-corrected chi connectivity index (χ3v) is 4.04. The highest BCUT2D eigenvalue weighted by atomic mass is 19.1. The van der Waals surface area contributed by atoms with Crippen molar-refractivity contribution in [2.75, 3.05) is 28.4 Å². The molecule has 0 saturated carbocycles. The van der Waals surface area contributed by atoms with Crippen LogP contribution >= 0.6 is 0 Å². The lowest BCUT2D eigenvalue weighted by Crippen LogP contribution is -2.19. The molecule has 2 rings (SSSR count). The van der Waals surface area contributed by atoms with Crippen LogP contribution in [-0.4, -0.2) is 28.4 Å². The van der Waals surface area contributed by atoms with Gasteiger partial charge in [0.25, 0.3) is 0 Å². The molecular formula is C19H24FNO4. The summed E-state index contributed by atoms with van der Waals surface area (Å²) in [5, 5.41) is 3.36. The third kappa shape index (κ3) is 4.33. The van der Waals surface area contributed by atoms with Crippen molar-refractivity contribution in [1.82, 2.24) is 5.32 Å². The summed E-state index contributed by atoms with van der Waals surface area (Å²) in [6, 6.07) is 8.00. The lowest BCUT2D eigenvalue weighted by atomic mass is 10.1. The molecule has 0 amide bonds. The number of rotatable bonds is 8. The molecule has 0 aliphatic rings. The molecule has 0 aliphatic carbocycles. The van der Waals surface area contributed by atoms with Crippen molar-refractivity contribution in [2.45, 2.75) is 19.5 Å². The van der Waals surface area contributed by atoms with Gasteiger partial charge in [0.15, 0.2) is 11.5 Å². The van der Waals surface area contributed by atoms with E-state index in [1.54, 1.807) is 40.6 Å². The fourth-order valence-electron chi connectivity index (χ4n) is 2.65. The van der Waals surface area contributed by atoms with E-state index in [0.29, 0.717) is 29.5 Å². The number of methoxy groups -OCH3 is 4. The van der Waals surface area contributed by atoms with Crippen molar-refractivity contribution in [3.63, 3.8) is 0 Å². The Bertz CT molecular complexity index is 721. The van der Waals surface area contributed by atoms with Crippen LogP contribution in [0.4, 0.5) is 4.39 Å². The van der Waals surface area contributed by atoms with Crippen LogP contribution in [0.15, 0.2) is 30.3 Å². The van der Waals surface area contributed by atoms with Gasteiger partial charge in [0.2, 0.25) is 0 Å². The third-order valence-electron chi connectivity index (χ3n) is 4.04. The molecule has 2 aromatic carbocycles. The number of benzene rings is 2. The maximum Gasteiger partial charge on any atom is 0.164 e. The van der Waals surface area contributed by atoms with E-state index in [1.807, 2.05) is 13.0 Å². The fraction of sp³-hybridized carbons (Fsp3) is 0.368. The second kappa shape index (κ2) is 8.58.